The molecule has 2 aromatic heterocycles. The van der Waals surface area contributed by atoms with Crippen LogP contribution in [0.2, 0.25) is 5.02 Å². The molecule has 0 bridgehead atoms. The van der Waals surface area contributed by atoms with Crippen LogP contribution in [0.1, 0.15) is 58.9 Å². The van der Waals surface area contributed by atoms with E-state index in [-0.39, 0.29) is 29.5 Å². The molecule has 1 saturated heterocycles. The number of hydrogen-bond acceptors (Lipinski definition) is 4. The van der Waals surface area contributed by atoms with Crippen molar-refractivity contribution in [1.82, 2.24) is 14.9 Å². The van der Waals surface area contributed by atoms with Crippen molar-refractivity contribution in [3.05, 3.63) is 106 Å². The van der Waals surface area contributed by atoms with Crippen LogP contribution in [0.5, 0.6) is 0 Å². The molecule has 1 aliphatic rings. The molecule has 3 heterocycles. The molecule has 0 radical (unpaired) electrons. The van der Waals surface area contributed by atoms with Gasteiger partial charge in [-0.2, -0.15) is 0 Å². The molecule has 0 aliphatic carbocycles. The maximum atomic E-state index is 12.3. The van der Waals surface area contributed by atoms with Gasteiger partial charge in [-0.15, -0.1) is 0 Å². The van der Waals surface area contributed by atoms with E-state index in [4.69, 9.17) is 23.8 Å². The average molecular weight is 588 g/mol. The fraction of sp³-hybridized carbons (Fsp3) is 0.226. The van der Waals surface area contributed by atoms with Crippen LogP contribution in [0.4, 0.5) is 11.4 Å². The number of amides is 1. The molecule has 8 nitrogen and oxygen atoms in total. The Balaban J connectivity index is 1.60. The fourth-order valence-electron chi connectivity index (χ4n) is 5.22. The Hall–Kier alpha value is -4.21. The van der Waals surface area contributed by atoms with Gasteiger partial charge in [-0.05, 0) is 92.3 Å². The van der Waals surface area contributed by atoms with Crippen molar-refractivity contribution in [2.75, 3.05) is 10.2 Å². The number of nitrogens with zero attached hydrogens (tertiary/aromatic N) is 3. The number of aromatic nitrogens is 2. The van der Waals surface area contributed by atoms with Gasteiger partial charge in [0.25, 0.3) is 0 Å². The number of halogens is 1. The van der Waals surface area contributed by atoms with Crippen LogP contribution in [-0.4, -0.2) is 31.6 Å². The van der Waals surface area contributed by atoms with Gasteiger partial charge in [0.2, 0.25) is 5.91 Å². The van der Waals surface area contributed by atoms with Crippen LogP contribution in [0.3, 0.4) is 0 Å². The smallest absolute Gasteiger partial charge is 0.335 e. The molecule has 3 N–H and O–H groups in total. The topological polar surface area (TPSA) is 99.5 Å². The molecule has 5 rings (SSSR count). The minimum absolute atomic E-state index is 0.116. The Morgan fingerprint density at radius 3 is 2.37 bits per heavy atom. The number of aryl methyl sites for hydroxylation is 1. The van der Waals surface area contributed by atoms with Gasteiger partial charge in [-0.1, -0.05) is 31.5 Å². The maximum absolute atomic E-state index is 12.3. The number of pyridine rings is 1. The van der Waals surface area contributed by atoms with Crippen molar-refractivity contribution in [3.63, 3.8) is 0 Å². The number of anilines is 2. The predicted octanol–water partition coefficient (Wildman–Crippen LogP) is 6.61. The number of carboxylic acids is 1. The lowest BCUT2D eigenvalue weighted by atomic mass is 9.96. The highest BCUT2D eigenvalue weighted by Crippen LogP contribution is 2.44. The number of carbonyl (C=O) groups is 2. The number of aromatic carboxylic acids is 1. The summed E-state index contributed by atoms with van der Waals surface area (Å²) in [6, 6.07) is 19.7. The number of carboxylic acid groups (broad SMARTS) is 1. The van der Waals surface area contributed by atoms with Crippen LogP contribution in [0.25, 0.3) is 5.69 Å². The third kappa shape index (κ3) is 5.42. The van der Waals surface area contributed by atoms with Crippen LogP contribution < -0.4 is 15.5 Å². The number of nitrogens with one attached hydrogen (secondary N) is 2. The van der Waals surface area contributed by atoms with E-state index in [1.807, 2.05) is 75.1 Å². The van der Waals surface area contributed by atoms with Gasteiger partial charge in [0.05, 0.1) is 34.1 Å². The minimum Gasteiger partial charge on any atom is -0.478 e. The van der Waals surface area contributed by atoms with Gasteiger partial charge in [-0.25, -0.2) is 4.79 Å². The summed E-state index contributed by atoms with van der Waals surface area (Å²) < 4.78 is 2.10. The number of thiocarbonyl (C=S) groups is 1. The van der Waals surface area contributed by atoms with E-state index in [9.17, 15) is 14.7 Å². The molecule has 210 valence electrons. The van der Waals surface area contributed by atoms with Crippen molar-refractivity contribution >= 4 is 52.2 Å². The molecule has 1 fully saturated rings. The zero-order valence-corrected chi connectivity index (χ0v) is 24.6. The molecule has 41 heavy (non-hydrogen) atoms. The van der Waals surface area contributed by atoms with E-state index in [1.54, 1.807) is 24.4 Å². The third-order valence-electron chi connectivity index (χ3n) is 7.27. The van der Waals surface area contributed by atoms with Crippen molar-refractivity contribution in [3.8, 4) is 5.69 Å². The lowest BCUT2D eigenvalue weighted by molar-refractivity contribution is -0.118. The standard InChI is InChI=1S/C31H30ClN5O3S/c1-17(2)29(38)34-25-13-12-22(16-24(25)32)37-28(27(35-31(37)41)26-7-5-6-14-33-26)23-15-18(3)36(19(23)4)21-10-8-20(9-11-21)30(39)40/h5-17,27-28H,1-4H3,(H,34,38)(H,35,41)(H,39,40). The largest absolute Gasteiger partial charge is 0.478 e. The highest BCUT2D eigenvalue weighted by Gasteiger charge is 2.42. The minimum atomic E-state index is -0.967. The van der Waals surface area contributed by atoms with E-state index >= 15 is 0 Å². The molecule has 10 heteroatoms. The van der Waals surface area contributed by atoms with Gasteiger partial charge < -0.3 is 25.2 Å². The third-order valence-corrected chi connectivity index (χ3v) is 7.90. The van der Waals surface area contributed by atoms with Crippen LogP contribution in [-0.2, 0) is 4.79 Å². The van der Waals surface area contributed by atoms with Crippen molar-refractivity contribution in [2.24, 2.45) is 5.92 Å². The summed E-state index contributed by atoms with van der Waals surface area (Å²) in [4.78, 5) is 30.4. The van der Waals surface area contributed by atoms with E-state index < -0.39 is 5.97 Å². The molecule has 0 spiro atoms. The lowest BCUT2D eigenvalue weighted by Crippen LogP contribution is -2.29. The van der Waals surface area contributed by atoms with Crippen molar-refractivity contribution in [2.45, 2.75) is 39.8 Å². The summed E-state index contributed by atoms with van der Waals surface area (Å²) in [6.07, 6.45) is 1.76. The van der Waals surface area contributed by atoms with Gasteiger partial charge in [0, 0.05) is 34.9 Å². The number of hydrogen-bond donors (Lipinski definition) is 3. The van der Waals surface area contributed by atoms with Crippen LogP contribution in [0, 0.1) is 19.8 Å². The average Bonchev–Trinajstić information content (AvgIpc) is 3.44. The summed E-state index contributed by atoms with van der Waals surface area (Å²) >= 11 is 12.5. The van der Waals surface area contributed by atoms with Gasteiger partial charge >= 0.3 is 5.97 Å². The molecule has 0 saturated carbocycles. The van der Waals surface area contributed by atoms with Crippen molar-refractivity contribution in [1.29, 1.82) is 0 Å². The first-order valence-electron chi connectivity index (χ1n) is 13.2. The summed E-state index contributed by atoms with van der Waals surface area (Å²) in [5.74, 6) is -1.26. The van der Waals surface area contributed by atoms with Crippen LogP contribution >= 0.6 is 23.8 Å². The normalized spacial score (nSPS) is 16.6. The Bertz CT molecular complexity index is 1640. The Morgan fingerprint density at radius 2 is 1.76 bits per heavy atom. The summed E-state index contributed by atoms with van der Waals surface area (Å²) in [7, 11) is 0. The molecule has 2 aromatic carbocycles. The first-order valence-corrected chi connectivity index (χ1v) is 14.0. The van der Waals surface area contributed by atoms with Gasteiger partial charge in [0.15, 0.2) is 5.11 Å². The summed E-state index contributed by atoms with van der Waals surface area (Å²) in [5.41, 5.74) is 6.24. The van der Waals surface area contributed by atoms with Gasteiger partial charge in [0.1, 0.15) is 0 Å². The zero-order chi connectivity index (χ0) is 29.4. The number of carbonyl (C=O) groups excluding carboxylic acids is 1. The van der Waals surface area contributed by atoms with E-state index in [1.165, 1.54) is 0 Å². The van der Waals surface area contributed by atoms with Crippen molar-refractivity contribution < 1.29 is 14.7 Å². The van der Waals surface area contributed by atoms with Crippen LogP contribution in [0.15, 0.2) is 72.9 Å². The van der Waals surface area contributed by atoms with E-state index in [0.29, 0.717) is 15.8 Å². The molecule has 2 unspecified atom stereocenters. The second-order valence-electron chi connectivity index (χ2n) is 10.3. The first-order chi connectivity index (χ1) is 19.6. The Labute approximate surface area is 249 Å². The Kier molecular flexibility index (Phi) is 7.84. The quantitative estimate of drug-likeness (QED) is 0.209. The lowest BCUT2D eigenvalue weighted by Gasteiger charge is -2.28. The Morgan fingerprint density at radius 1 is 1.05 bits per heavy atom. The first kappa shape index (κ1) is 28.3. The summed E-state index contributed by atoms with van der Waals surface area (Å²) in [5, 5.41) is 16.6. The highest BCUT2D eigenvalue weighted by molar-refractivity contribution is 7.80. The second-order valence-corrected chi connectivity index (χ2v) is 11.1. The SMILES string of the molecule is Cc1cc(C2C(c3ccccn3)NC(=S)N2c2ccc(NC(=O)C(C)C)c(Cl)c2)c(C)n1-c1ccc(C(=O)O)cc1. The zero-order valence-electron chi connectivity index (χ0n) is 23.1. The molecule has 2 atom stereocenters. The van der Waals surface area contributed by atoms with Gasteiger partial charge in [-0.3, -0.25) is 9.78 Å². The van der Waals surface area contributed by atoms with E-state index in [2.05, 4.69) is 26.3 Å². The number of rotatable bonds is 7. The molecule has 1 amide bonds. The fourth-order valence-corrected chi connectivity index (χ4v) is 5.79. The summed E-state index contributed by atoms with van der Waals surface area (Å²) in [6.45, 7) is 7.71. The predicted molar refractivity (Wildman–Crippen MR) is 165 cm³/mol. The van der Waals surface area contributed by atoms with E-state index in [0.717, 1.165) is 34.0 Å². The second kappa shape index (κ2) is 11.3. The molecular formula is C31H30ClN5O3S. The number of benzene rings is 2. The molecular weight excluding hydrogens is 558 g/mol. The monoisotopic (exact) mass is 587 g/mol. The highest BCUT2D eigenvalue weighted by atomic mass is 35.5. The molecule has 1 aliphatic heterocycles. The maximum Gasteiger partial charge on any atom is 0.335 e. The molecule has 4 aromatic rings.